The number of benzene rings is 1. The second-order valence-corrected chi connectivity index (χ2v) is 12.7. The lowest BCUT2D eigenvalue weighted by Gasteiger charge is -2.33. The monoisotopic (exact) mass is 457 g/mol. The average Bonchev–Trinajstić information content (AvgIpc) is 2.58. The molecule has 0 saturated heterocycles. The minimum absolute atomic E-state index is 0.218. The lowest BCUT2D eigenvalue weighted by Crippen LogP contribution is -2.48. The fourth-order valence-electron chi connectivity index (χ4n) is 3.59. The van der Waals surface area contributed by atoms with Crippen LogP contribution in [0.3, 0.4) is 0 Å². The molecule has 30 heavy (non-hydrogen) atoms. The Kier molecular flexibility index (Phi) is 8.38. The predicted octanol–water partition coefficient (Wildman–Crippen LogP) is 6.65. The van der Waals surface area contributed by atoms with E-state index in [1.807, 2.05) is 67.5 Å². The summed E-state index contributed by atoms with van der Waals surface area (Å²) in [5, 5.41) is 10.9. The third-order valence-electron chi connectivity index (χ3n) is 5.43. The molecule has 0 bridgehead atoms. The van der Waals surface area contributed by atoms with E-state index in [-0.39, 0.29) is 16.6 Å². The Bertz CT molecular complexity index is 764. The molecule has 1 atom stereocenters. The highest BCUT2D eigenvalue weighted by atomic mass is 32.2. The van der Waals surface area contributed by atoms with Crippen LogP contribution >= 0.6 is 20.0 Å². The van der Waals surface area contributed by atoms with Crippen LogP contribution in [0.25, 0.3) is 0 Å². The number of aromatic hydroxyl groups is 1. The minimum atomic E-state index is -2.90. The van der Waals surface area contributed by atoms with E-state index < -0.39 is 18.6 Å². The van der Waals surface area contributed by atoms with Gasteiger partial charge in [0.2, 0.25) is 0 Å². The summed E-state index contributed by atoms with van der Waals surface area (Å²) < 4.78 is 15.8. The lowest BCUT2D eigenvalue weighted by atomic mass is 9.79. The molecular weight excluding hydrogens is 419 g/mol. The first-order valence-corrected chi connectivity index (χ1v) is 12.3. The van der Waals surface area contributed by atoms with E-state index in [0.717, 1.165) is 16.0 Å². The van der Waals surface area contributed by atoms with Gasteiger partial charge in [0.25, 0.3) is 0 Å². The summed E-state index contributed by atoms with van der Waals surface area (Å²) in [5.74, 6) is 0.0747. The Morgan fingerprint density at radius 1 is 0.967 bits per heavy atom. The van der Waals surface area contributed by atoms with Crippen molar-refractivity contribution < 1.29 is 23.9 Å². The number of phenols is 1. The summed E-state index contributed by atoms with van der Waals surface area (Å²) >= 11 is 1.39. The highest BCUT2D eigenvalue weighted by Gasteiger charge is 2.50. The molecule has 0 spiro atoms. The van der Waals surface area contributed by atoms with E-state index >= 15 is 0 Å². The number of phenolic OH excluding ortho intramolecular Hbond substituents is 1. The SMILES string of the molecule is CCC(CC)(O[P+](=O)O)C(=O)C(C)(C)Sc1cc(C(C)(C)C)c(O)c(C(C)(C)C)c1. The van der Waals surface area contributed by atoms with Crippen molar-refractivity contribution in [3.05, 3.63) is 23.3 Å². The van der Waals surface area contributed by atoms with Gasteiger partial charge in [-0.2, -0.15) is 0 Å². The molecule has 0 heterocycles. The van der Waals surface area contributed by atoms with Gasteiger partial charge in [-0.25, -0.2) is 0 Å². The molecular formula is C23H38O5PS+. The van der Waals surface area contributed by atoms with Gasteiger partial charge in [0.15, 0.2) is 11.4 Å². The second-order valence-electron chi connectivity index (χ2n) is 10.3. The van der Waals surface area contributed by atoms with Gasteiger partial charge in [0.05, 0.1) is 4.75 Å². The van der Waals surface area contributed by atoms with Crippen LogP contribution < -0.4 is 0 Å². The highest BCUT2D eigenvalue weighted by Crippen LogP contribution is 2.46. The minimum Gasteiger partial charge on any atom is -0.507 e. The summed E-state index contributed by atoms with van der Waals surface area (Å²) in [4.78, 5) is 23.7. The normalized spacial score (nSPS) is 14.0. The molecule has 0 aromatic heterocycles. The van der Waals surface area contributed by atoms with Crippen molar-refractivity contribution in [2.24, 2.45) is 0 Å². The standard InChI is InChI=1S/C23H37O5PS/c1-11-23(12-2,28-29(26)27)19(25)22(9,10)30-15-13-16(20(3,4)5)18(24)17(14-15)21(6,7)8/h13-14H,11-12H2,1-10H3,(H-,24,26,27)/p+1. The van der Waals surface area contributed by atoms with Crippen LogP contribution in [0.5, 0.6) is 5.75 Å². The second kappa shape index (κ2) is 9.28. The van der Waals surface area contributed by atoms with Gasteiger partial charge in [0.1, 0.15) is 5.75 Å². The third-order valence-corrected chi connectivity index (χ3v) is 7.10. The van der Waals surface area contributed by atoms with E-state index in [1.54, 1.807) is 13.8 Å². The summed E-state index contributed by atoms with van der Waals surface area (Å²) in [7, 11) is -2.90. The molecule has 1 unspecified atom stereocenters. The first kappa shape index (κ1) is 27.1. The van der Waals surface area contributed by atoms with Gasteiger partial charge in [-0.1, -0.05) is 55.4 Å². The molecule has 1 aromatic rings. The molecule has 170 valence electrons. The van der Waals surface area contributed by atoms with E-state index in [4.69, 9.17) is 4.52 Å². The molecule has 1 aromatic carbocycles. The predicted molar refractivity (Wildman–Crippen MR) is 125 cm³/mol. The van der Waals surface area contributed by atoms with Crippen LogP contribution in [-0.2, 0) is 24.7 Å². The Balaban J connectivity index is 3.52. The number of ketones is 1. The maximum Gasteiger partial charge on any atom is 0.695 e. The average molecular weight is 458 g/mol. The van der Waals surface area contributed by atoms with Crippen molar-refractivity contribution >= 4 is 25.8 Å². The van der Waals surface area contributed by atoms with E-state index in [2.05, 4.69) is 0 Å². The fraction of sp³-hybridized carbons (Fsp3) is 0.696. The maximum absolute atomic E-state index is 13.5. The number of Topliss-reactive ketones (excluding diaryl/α,β-unsaturated/α-hetero) is 1. The number of thioether (sulfide) groups is 1. The van der Waals surface area contributed by atoms with Crippen molar-refractivity contribution in [1.82, 2.24) is 0 Å². The maximum atomic E-state index is 13.5. The summed E-state index contributed by atoms with van der Waals surface area (Å²) in [5.41, 5.74) is -0.205. The topological polar surface area (TPSA) is 83.8 Å². The number of carbonyl (C=O) groups is 1. The summed E-state index contributed by atoms with van der Waals surface area (Å²) in [6.45, 7) is 19.5. The number of carbonyl (C=O) groups excluding carboxylic acids is 1. The van der Waals surface area contributed by atoms with Crippen molar-refractivity contribution in [3.63, 3.8) is 0 Å². The van der Waals surface area contributed by atoms with Crippen molar-refractivity contribution in [3.8, 4) is 5.75 Å². The van der Waals surface area contributed by atoms with E-state index in [9.17, 15) is 19.4 Å². The van der Waals surface area contributed by atoms with Crippen LogP contribution in [-0.4, -0.2) is 26.1 Å². The quantitative estimate of drug-likeness (QED) is 0.336. The summed E-state index contributed by atoms with van der Waals surface area (Å²) in [6, 6.07) is 3.88. The molecule has 0 aliphatic carbocycles. The molecule has 0 saturated carbocycles. The number of hydrogen-bond donors (Lipinski definition) is 2. The molecule has 1 rings (SSSR count). The summed E-state index contributed by atoms with van der Waals surface area (Å²) in [6.07, 6.45) is 0.619. The zero-order valence-corrected chi connectivity index (χ0v) is 21.8. The van der Waals surface area contributed by atoms with Crippen LogP contribution in [0.4, 0.5) is 0 Å². The Morgan fingerprint density at radius 2 is 1.37 bits per heavy atom. The lowest BCUT2D eigenvalue weighted by molar-refractivity contribution is -0.137. The smallest absolute Gasteiger partial charge is 0.507 e. The van der Waals surface area contributed by atoms with Gasteiger partial charge in [-0.05, 0) is 49.7 Å². The molecule has 0 amide bonds. The largest absolute Gasteiger partial charge is 0.695 e. The number of rotatable bonds is 8. The first-order valence-electron chi connectivity index (χ1n) is 10.4. The molecule has 5 nitrogen and oxygen atoms in total. The van der Waals surface area contributed by atoms with Crippen molar-refractivity contribution in [1.29, 1.82) is 0 Å². The van der Waals surface area contributed by atoms with E-state index in [0.29, 0.717) is 18.6 Å². The van der Waals surface area contributed by atoms with Crippen molar-refractivity contribution in [2.45, 2.75) is 108 Å². The van der Waals surface area contributed by atoms with Crippen molar-refractivity contribution in [2.75, 3.05) is 0 Å². The third kappa shape index (κ3) is 6.06. The Morgan fingerprint density at radius 3 is 1.67 bits per heavy atom. The van der Waals surface area contributed by atoms with Crippen LogP contribution in [0, 0.1) is 0 Å². The van der Waals surface area contributed by atoms with Gasteiger partial charge >= 0.3 is 8.25 Å². The van der Waals surface area contributed by atoms with Crippen LogP contribution in [0.1, 0.15) is 93.2 Å². The van der Waals surface area contributed by atoms with Crippen LogP contribution in [0.15, 0.2) is 17.0 Å². The molecule has 0 fully saturated rings. The molecule has 0 radical (unpaired) electrons. The molecule has 7 heteroatoms. The van der Waals surface area contributed by atoms with Gasteiger partial charge < -0.3 is 5.11 Å². The molecule has 0 aliphatic rings. The Labute approximate surface area is 187 Å². The van der Waals surface area contributed by atoms with Crippen LogP contribution in [0.2, 0.25) is 0 Å². The van der Waals surface area contributed by atoms with Gasteiger partial charge in [-0.15, -0.1) is 21.2 Å². The fourth-order valence-corrected chi connectivity index (χ4v) is 5.45. The van der Waals surface area contributed by atoms with Gasteiger partial charge in [0, 0.05) is 20.6 Å². The Hall–Kier alpha value is -0.940. The zero-order chi connectivity index (χ0) is 23.7. The van der Waals surface area contributed by atoms with Gasteiger partial charge in [-0.3, -0.25) is 4.79 Å². The van der Waals surface area contributed by atoms with E-state index in [1.165, 1.54) is 11.8 Å². The first-order chi connectivity index (χ1) is 13.4. The zero-order valence-electron chi connectivity index (χ0n) is 20.0. The highest BCUT2D eigenvalue weighted by molar-refractivity contribution is 8.01. The number of hydrogen-bond acceptors (Lipinski definition) is 5. The molecule has 0 aliphatic heterocycles. The molecule has 2 N–H and O–H groups in total.